The third-order valence-electron chi connectivity index (χ3n) is 13.9. The molecule has 4 aromatic rings. The number of hydrogen-bond acceptors (Lipinski definition) is 8. The first-order chi connectivity index (χ1) is 29.9. The number of piperidine rings is 1. The van der Waals surface area contributed by atoms with Gasteiger partial charge in [-0.05, 0) is 96.1 Å². The Labute approximate surface area is 361 Å². The monoisotopic (exact) mass is 840 g/mol. The van der Waals surface area contributed by atoms with Crippen molar-refractivity contribution in [3.05, 3.63) is 82.7 Å². The number of carbonyl (C=O) groups is 4. The zero-order valence-electron chi connectivity index (χ0n) is 36.3. The van der Waals surface area contributed by atoms with Crippen molar-refractivity contribution >= 4 is 36.2 Å². The van der Waals surface area contributed by atoms with Crippen molar-refractivity contribution in [2.45, 2.75) is 96.3 Å². The van der Waals surface area contributed by atoms with Gasteiger partial charge in [-0.25, -0.2) is 19.6 Å². The summed E-state index contributed by atoms with van der Waals surface area (Å²) in [7, 11) is 2.61. The lowest BCUT2D eigenvalue weighted by atomic mass is 9.87. The summed E-state index contributed by atoms with van der Waals surface area (Å²) < 4.78 is 9.67. The van der Waals surface area contributed by atoms with E-state index < -0.39 is 29.8 Å². The van der Waals surface area contributed by atoms with Crippen LogP contribution in [-0.2, 0) is 37.4 Å². The van der Waals surface area contributed by atoms with Crippen molar-refractivity contribution < 1.29 is 28.7 Å². The van der Waals surface area contributed by atoms with Crippen LogP contribution >= 0.6 is 0 Å². The van der Waals surface area contributed by atoms with Gasteiger partial charge in [0.2, 0.25) is 11.8 Å². The maximum Gasteiger partial charge on any atom is 0.407 e. The second kappa shape index (κ2) is 16.3. The summed E-state index contributed by atoms with van der Waals surface area (Å²) in [5, 5.41) is 5.51. The molecule has 2 aliphatic heterocycles. The summed E-state index contributed by atoms with van der Waals surface area (Å²) in [5.74, 6) is 1.47. The number of allylic oxidation sites excluding steroid dienone is 2. The highest BCUT2D eigenvalue weighted by molar-refractivity contribution is 5.92. The Bertz CT molecular complexity index is 2500. The molecule has 62 heavy (non-hydrogen) atoms. The normalized spacial score (nSPS) is 21.7. The summed E-state index contributed by atoms with van der Waals surface area (Å²) in [6, 6.07) is 7.18. The van der Waals surface area contributed by atoms with Crippen LogP contribution in [-0.4, -0.2) is 93.1 Å². The molecule has 1 unspecified atom stereocenters. The number of nitrogens with zero attached hydrogens (tertiary/aromatic N) is 4. The summed E-state index contributed by atoms with van der Waals surface area (Å²) in [4.78, 5) is 73.1. The number of ether oxygens (including phenoxy) is 2. The van der Waals surface area contributed by atoms with Gasteiger partial charge in [-0.2, -0.15) is 0 Å². The van der Waals surface area contributed by atoms with E-state index in [4.69, 9.17) is 19.4 Å². The lowest BCUT2D eigenvalue weighted by Gasteiger charge is -2.40. The summed E-state index contributed by atoms with van der Waals surface area (Å²) in [5.41, 5.74) is 10.6. The predicted molar refractivity (Wildman–Crippen MR) is 235 cm³/mol. The smallest absolute Gasteiger partial charge is 0.407 e. The minimum absolute atomic E-state index is 0.0980. The lowest BCUT2D eigenvalue weighted by Crippen LogP contribution is -2.56. The van der Waals surface area contributed by atoms with E-state index in [0.29, 0.717) is 19.0 Å². The number of carbonyl (C=O) groups excluding carboxylic acids is 4. The Balaban J connectivity index is 0.983. The fourth-order valence-electron chi connectivity index (χ4n) is 10.7. The van der Waals surface area contributed by atoms with Crippen molar-refractivity contribution in [2.24, 2.45) is 17.8 Å². The first-order valence-corrected chi connectivity index (χ1v) is 22.0. The van der Waals surface area contributed by atoms with Gasteiger partial charge in [-0.15, -0.1) is 0 Å². The molecule has 9 rings (SSSR count). The van der Waals surface area contributed by atoms with E-state index in [1.54, 1.807) is 0 Å². The Morgan fingerprint density at radius 3 is 1.90 bits per heavy atom. The zero-order chi connectivity index (χ0) is 43.4. The number of rotatable bonds is 11. The Morgan fingerprint density at radius 1 is 0.758 bits per heavy atom. The van der Waals surface area contributed by atoms with E-state index in [-0.39, 0.29) is 29.7 Å². The van der Waals surface area contributed by atoms with Crippen molar-refractivity contribution in [3.8, 4) is 33.6 Å². The van der Waals surface area contributed by atoms with Crippen molar-refractivity contribution in [2.75, 3.05) is 27.3 Å². The fraction of sp³-hybridized carbons (Fsp3) is 0.458. The second-order valence-corrected chi connectivity index (χ2v) is 18.1. The molecule has 4 N–H and O–H groups in total. The molecule has 5 aliphatic rings. The number of alkyl carbamates (subject to hydrolysis) is 2. The molecule has 2 bridgehead atoms. The molecule has 4 amide bonds. The van der Waals surface area contributed by atoms with Gasteiger partial charge >= 0.3 is 12.2 Å². The number of amides is 4. The van der Waals surface area contributed by atoms with Crippen LogP contribution in [0.4, 0.5) is 9.59 Å². The van der Waals surface area contributed by atoms with Gasteiger partial charge in [-0.3, -0.25) is 9.59 Å². The molecule has 3 fully saturated rings. The molecule has 14 heteroatoms. The average molecular weight is 841 g/mol. The Hall–Kier alpha value is -6.18. The van der Waals surface area contributed by atoms with E-state index in [9.17, 15) is 19.2 Å². The largest absolute Gasteiger partial charge is 0.453 e. The number of aromatic amines is 2. The number of methoxy groups -OCH3 is 2. The molecule has 1 saturated carbocycles. The minimum Gasteiger partial charge on any atom is -0.453 e. The SMILES string of the molecule is COC(=O)N[C@H](C(=O)N1CCC[C@H]1c1ncc(-c2ccc(-c3ccc(-c4cnc(C56CC[C@H](CN5C(=O)[C@@H](NC(=O)OC)C(C)C)C6)[nH]4)c4c3C=CC4)c3c2CC=C3)[nH]1)C(C)C. The van der Waals surface area contributed by atoms with E-state index in [2.05, 4.69) is 69.2 Å². The highest BCUT2D eigenvalue weighted by Crippen LogP contribution is 2.53. The Morgan fingerprint density at radius 2 is 1.32 bits per heavy atom. The molecule has 324 valence electrons. The van der Waals surface area contributed by atoms with Crippen molar-refractivity contribution in [3.63, 3.8) is 0 Å². The van der Waals surface area contributed by atoms with Gasteiger partial charge in [-0.1, -0.05) is 76.3 Å². The quantitative estimate of drug-likeness (QED) is 0.120. The molecule has 5 atom stereocenters. The molecular formula is C48H56N8O6. The highest BCUT2D eigenvalue weighted by Gasteiger charge is 2.56. The number of nitrogens with one attached hydrogen (secondary N) is 4. The molecular weight excluding hydrogens is 785 g/mol. The molecule has 0 radical (unpaired) electrons. The minimum atomic E-state index is -0.696. The van der Waals surface area contributed by atoms with Crippen LogP contribution < -0.4 is 10.6 Å². The lowest BCUT2D eigenvalue weighted by molar-refractivity contribution is -0.140. The molecule has 2 saturated heterocycles. The van der Waals surface area contributed by atoms with Crippen molar-refractivity contribution in [1.29, 1.82) is 0 Å². The van der Waals surface area contributed by atoms with Crippen LogP contribution in [0.25, 0.3) is 45.8 Å². The van der Waals surface area contributed by atoms with E-state index in [0.717, 1.165) is 79.1 Å². The van der Waals surface area contributed by atoms with Crippen LogP contribution in [0.2, 0.25) is 0 Å². The first-order valence-electron chi connectivity index (χ1n) is 22.0. The average Bonchev–Trinajstić information content (AvgIpc) is 4.12. The molecule has 2 aromatic heterocycles. The Kier molecular flexibility index (Phi) is 10.8. The van der Waals surface area contributed by atoms with E-state index in [1.165, 1.54) is 47.6 Å². The van der Waals surface area contributed by atoms with Crippen LogP contribution in [0.3, 0.4) is 0 Å². The highest BCUT2D eigenvalue weighted by atomic mass is 16.5. The second-order valence-electron chi connectivity index (χ2n) is 18.1. The summed E-state index contributed by atoms with van der Waals surface area (Å²) in [6.45, 7) is 8.94. The van der Waals surface area contributed by atoms with Crippen LogP contribution in [0.5, 0.6) is 0 Å². The van der Waals surface area contributed by atoms with Crippen LogP contribution in [0.1, 0.15) is 99.7 Å². The molecule has 4 heterocycles. The third-order valence-corrected chi connectivity index (χ3v) is 13.9. The predicted octanol–water partition coefficient (Wildman–Crippen LogP) is 7.53. The van der Waals surface area contributed by atoms with Gasteiger partial charge in [0, 0.05) is 24.2 Å². The van der Waals surface area contributed by atoms with Gasteiger partial charge in [0.25, 0.3) is 0 Å². The number of hydrogen-bond donors (Lipinski definition) is 4. The summed E-state index contributed by atoms with van der Waals surface area (Å²) >= 11 is 0. The van der Waals surface area contributed by atoms with E-state index >= 15 is 0 Å². The molecule has 3 aliphatic carbocycles. The molecule has 2 aromatic carbocycles. The zero-order valence-corrected chi connectivity index (χ0v) is 36.3. The number of likely N-dealkylation sites (tertiary alicyclic amines) is 2. The van der Waals surface area contributed by atoms with E-state index in [1.807, 2.05) is 49.9 Å². The third kappa shape index (κ3) is 6.97. The molecule has 14 nitrogen and oxygen atoms in total. The van der Waals surface area contributed by atoms with Crippen LogP contribution in [0, 0.1) is 17.8 Å². The van der Waals surface area contributed by atoms with Gasteiger partial charge in [0.1, 0.15) is 29.3 Å². The summed E-state index contributed by atoms with van der Waals surface area (Å²) in [6.07, 6.45) is 17.3. The maximum atomic E-state index is 14.1. The van der Waals surface area contributed by atoms with Crippen LogP contribution in [0.15, 0.2) is 48.8 Å². The first kappa shape index (κ1) is 41.2. The fourth-order valence-corrected chi connectivity index (χ4v) is 10.7. The topological polar surface area (TPSA) is 175 Å². The number of benzene rings is 2. The number of H-pyrrole nitrogens is 2. The van der Waals surface area contributed by atoms with Gasteiger partial charge in [0.05, 0.1) is 44.0 Å². The molecule has 0 spiro atoms. The van der Waals surface area contributed by atoms with Gasteiger partial charge in [0.15, 0.2) is 0 Å². The number of imidazole rings is 2. The standard InChI is InChI=1S/C48H56N8O6/c1-26(2)40(53-46(59)61-5)43(57)55-21-9-14-39(55)42-49-23-37(51-42)35-17-15-33(29-10-7-12-31(29)35)34-16-18-36(32-13-8-11-30(32)34)38-24-50-45(52-38)48-20-19-28(22-48)25-56(48)44(58)41(27(3)4)54-47(60)62-6/h7-8,10-11,15-18,23-24,26-28,39-41H,9,12-14,19-22,25H2,1-6H3,(H,49,51)(H,50,52)(H,53,59)(H,54,60)/t28-,39-,40-,41-,48?/m0/s1. The number of aromatic nitrogens is 4. The van der Waals surface area contributed by atoms with Gasteiger partial charge < -0.3 is 39.9 Å². The maximum absolute atomic E-state index is 14.1. The van der Waals surface area contributed by atoms with Crippen molar-refractivity contribution in [1.82, 2.24) is 40.4 Å². The number of fused-ring (bicyclic) bond motifs is 4.